The van der Waals surface area contributed by atoms with E-state index in [0.717, 1.165) is 0 Å². The highest BCUT2D eigenvalue weighted by molar-refractivity contribution is 5.32. The SMILES string of the molecule is O=CO.O=[N+]([O-])C1CCCC(C(F)(F)F)C1. The Labute approximate surface area is 89.4 Å². The van der Waals surface area contributed by atoms with Gasteiger partial charge in [-0.05, 0) is 12.8 Å². The van der Waals surface area contributed by atoms with Gasteiger partial charge in [0.1, 0.15) is 0 Å². The summed E-state index contributed by atoms with van der Waals surface area (Å²) in [6.07, 6.45) is -4.01. The second kappa shape index (κ2) is 6.29. The molecule has 1 saturated carbocycles. The highest BCUT2D eigenvalue weighted by Gasteiger charge is 2.45. The number of hydrogen-bond acceptors (Lipinski definition) is 3. The summed E-state index contributed by atoms with van der Waals surface area (Å²) in [4.78, 5) is 18.0. The van der Waals surface area contributed by atoms with E-state index in [9.17, 15) is 23.3 Å². The van der Waals surface area contributed by atoms with Crippen molar-refractivity contribution in [2.75, 3.05) is 0 Å². The van der Waals surface area contributed by atoms with Gasteiger partial charge in [-0.3, -0.25) is 14.9 Å². The lowest BCUT2D eigenvalue weighted by Crippen LogP contribution is -2.34. The number of nitro groups is 1. The van der Waals surface area contributed by atoms with Crippen LogP contribution in [0.4, 0.5) is 13.2 Å². The first-order chi connectivity index (χ1) is 7.32. The summed E-state index contributed by atoms with van der Waals surface area (Å²) in [6.45, 7) is -0.250. The molecule has 5 nitrogen and oxygen atoms in total. The minimum atomic E-state index is -4.27. The Hall–Kier alpha value is -1.34. The second-order valence-corrected chi connectivity index (χ2v) is 3.45. The lowest BCUT2D eigenvalue weighted by atomic mass is 9.85. The fourth-order valence-electron chi connectivity index (χ4n) is 1.65. The Morgan fingerprint density at radius 3 is 2.25 bits per heavy atom. The quantitative estimate of drug-likeness (QED) is 0.434. The molecule has 1 rings (SSSR count). The molecule has 16 heavy (non-hydrogen) atoms. The molecule has 8 heteroatoms. The normalized spacial score (nSPS) is 25.2. The predicted molar refractivity (Wildman–Crippen MR) is 47.5 cm³/mol. The third kappa shape index (κ3) is 4.94. The van der Waals surface area contributed by atoms with E-state index in [1.165, 1.54) is 0 Å². The van der Waals surface area contributed by atoms with Crippen LogP contribution in [-0.2, 0) is 4.79 Å². The Morgan fingerprint density at radius 1 is 1.38 bits per heavy atom. The second-order valence-electron chi connectivity index (χ2n) is 3.45. The van der Waals surface area contributed by atoms with E-state index in [-0.39, 0.29) is 25.7 Å². The molecule has 0 aromatic rings. The molecule has 0 saturated heterocycles. The lowest BCUT2D eigenvalue weighted by Gasteiger charge is -2.25. The monoisotopic (exact) mass is 243 g/mol. The molecule has 1 fully saturated rings. The van der Waals surface area contributed by atoms with Gasteiger partial charge >= 0.3 is 6.18 Å². The van der Waals surface area contributed by atoms with Crippen molar-refractivity contribution in [1.82, 2.24) is 0 Å². The number of carboxylic acid groups (broad SMARTS) is 1. The molecule has 0 radical (unpaired) electrons. The van der Waals surface area contributed by atoms with Crippen LogP contribution < -0.4 is 0 Å². The average Bonchev–Trinajstić information content (AvgIpc) is 2.18. The van der Waals surface area contributed by atoms with Crippen molar-refractivity contribution in [3.05, 3.63) is 10.1 Å². The maximum absolute atomic E-state index is 12.2. The van der Waals surface area contributed by atoms with Gasteiger partial charge in [0.2, 0.25) is 6.04 Å². The number of halogens is 3. The molecule has 1 N–H and O–H groups in total. The van der Waals surface area contributed by atoms with Gasteiger partial charge in [-0.25, -0.2) is 0 Å². The van der Waals surface area contributed by atoms with Crippen LogP contribution in [0.15, 0.2) is 0 Å². The molecule has 0 aliphatic heterocycles. The first-order valence-corrected chi connectivity index (χ1v) is 4.61. The fourth-order valence-corrected chi connectivity index (χ4v) is 1.65. The third-order valence-electron chi connectivity index (χ3n) is 2.41. The zero-order chi connectivity index (χ0) is 12.8. The number of carbonyl (C=O) groups is 1. The molecular formula is C8H12F3NO4. The van der Waals surface area contributed by atoms with Crippen molar-refractivity contribution >= 4 is 6.47 Å². The summed E-state index contributed by atoms with van der Waals surface area (Å²) >= 11 is 0. The molecule has 1 aliphatic rings. The molecule has 0 amide bonds. The van der Waals surface area contributed by atoms with Gasteiger partial charge in [-0.2, -0.15) is 13.2 Å². The number of rotatable bonds is 1. The molecule has 0 bridgehead atoms. The van der Waals surface area contributed by atoms with E-state index >= 15 is 0 Å². The zero-order valence-corrected chi connectivity index (χ0v) is 8.31. The summed E-state index contributed by atoms with van der Waals surface area (Å²) < 4.78 is 36.5. The van der Waals surface area contributed by atoms with E-state index in [2.05, 4.69) is 0 Å². The molecule has 1 aliphatic carbocycles. The van der Waals surface area contributed by atoms with Crippen molar-refractivity contribution in [2.45, 2.75) is 37.9 Å². The first-order valence-electron chi connectivity index (χ1n) is 4.61. The Kier molecular flexibility index (Phi) is 5.76. The van der Waals surface area contributed by atoms with Gasteiger partial charge in [-0.1, -0.05) is 0 Å². The number of alkyl halides is 3. The average molecular weight is 243 g/mol. The topological polar surface area (TPSA) is 80.4 Å². The number of nitrogens with zero attached hydrogens (tertiary/aromatic N) is 1. The lowest BCUT2D eigenvalue weighted by molar-refractivity contribution is -0.530. The van der Waals surface area contributed by atoms with Gasteiger partial charge < -0.3 is 5.11 Å². The van der Waals surface area contributed by atoms with Crippen LogP contribution in [0.5, 0.6) is 0 Å². The zero-order valence-electron chi connectivity index (χ0n) is 8.31. The van der Waals surface area contributed by atoms with Gasteiger partial charge in [0, 0.05) is 17.8 Å². The summed E-state index contributed by atoms with van der Waals surface area (Å²) in [6, 6.07) is -1.000. The van der Waals surface area contributed by atoms with E-state index in [1.807, 2.05) is 0 Å². The van der Waals surface area contributed by atoms with Crippen LogP contribution >= 0.6 is 0 Å². The van der Waals surface area contributed by atoms with Gasteiger partial charge in [-0.15, -0.1) is 0 Å². The van der Waals surface area contributed by atoms with Gasteiger partial charge in [0.15, 0.2) is 0 Å². The van der Waals surface area contributed by atoms with E-state index in [4.69, 9.17) is 9.90 Å². The first kappa shape index (κ1) is 14.7. The summed E-state index contributed by atoms with van der Waals surface area (Å²) in [5.41, 5.74) is 0. The maximum Gasteiger partial charge on any atom is 0.392 e. The number of hydrogen-bond donors (Lipinski definition) is 1. The highest BCUT2D eigenvalue weighted by Crippen LogP contribution is 2.38. The highest BCUT2D eigenvalue weighted by atomic mass is 19.4. The molecule has 0 aromatic heterocycles. The minimum Gasteiger partial charge on any atom is -0.483 e. The van der Waals surface area contributed by atoms with E-state index in [0.29, 0.717) is 6.42 Å². The Morgan fingerprint density at radius 2 is 1.88 bits per heavy atom. The minimum absolute atomic E-state index is 0.0356. The largest absolute Gasteiger partial charge is 0.483 e. The molecule has 0 spiro atoms. The van der Waals surface area contributed by atoms with Crippen LogP contribution in [0.1, 0.15) is 25.7 Å². The Balaban J connectivity index is 0.000000673. The van der Waals surface area contributed by atoms with Crippen LogP contribution in [0.25, 0.3) is 0 Å². The van der Waals surface area contributed by atoms with E-state index in [1.54, 1.807) is 0 Å². The molecule has 94 valence electrons. The standard InChI is InChI=1S/C7H10F3NO2.CH2O2/c8-7(9,10)5-2-1-3-6(4-5)11(12)13;2-1-3/h5-6H,1-4H2;1H,(H,2,3). The summed E-state index contributed by atoms with van der Waals surface area (Å²) in [7, 11) is 0. The molecule has 2 atom stereocenters. The van der Waals surface area contributed by atoms with Crippen LogP contribution in [0.2, 0.25) is 0 Å². The predicted octanol–water partition coefficient (Wildman–Crippen LogP) is 2.08. The molecular weight excluding hydrogens is 231 g/mol. The summed E-state index contributed by atoms with van der Waals surface area (Å²) in [5, 5.41) is 17.2. The van der Waals surface area contributed by atoms with Crippen molar-refractivity contribution in [1.29, 1.82) is 0 Å². The van der Waals surface area contributed by atoms with Crippen molar-refractivity contribution in [2.24, 2.45) is 5.92 Å². The van der Waals surface area contributed by atoms with Crippen molar-refractivity contribution in [3.8, 4) is 0 Å². The molecule has 0 heterocycles. The van der Waals surface area contributed by atoms with Crippen molar-refractivity contribution < 1.29 is 28.0 Å². The third-order valence-corrected chi connectivity index (χ3v) is 2.41. The van der Waals surface area contributed by atoms with Gasteiger partial charge in [0.05, 0.1) is 5.92 Å². The fraction of sp³-hybridized carbons (Fsp3) is 0.875. The molecule has 2 unspecified atom stereocenters. The van der Waals surface area contributed by atoms with Crippen molar-refractivity contribution in [3.63, 3.8) is 0 Å². The van der Waals surface area contributed by atoms with Gasteiger partial charge in [0.25, 0.3) is 6.47 Å². The van der Waals surface area contributed by atoms with E-state index < -0.39 is 23.1 Å². The summed E-state index contributed by atoms with van der Waals surface area (Å²) in [5.74, 6) is -1.48. The smallest absolute Gasteiger partial charge is 0.392 e. The van der Waals surface area contributed by atoms with Crippen LogP contribution in [-0.4, -0.2) is 28.7 Å². The van der Waals surface area contributed by atoms with Crippen LogP contribution in [0, 0.1) is 16.0 Å². The molecule has 0 aromatic carbocycles. The Bertz CT molecular complexity index is 244. The maximum atomic E-state index is 12.2. The van der Waals surface area contributed by atoms with Crippen LogP contribution in [0.3, 0.4) is 0 Å².